The number of nitrogen functional groups attached to an aromatic ring is 1. The van der Waals surface area contributed by atoms with Crippen molar-refractivity contribution in [3.05, 3.63) is 29.3 Å². The second kappa shape index (κ2) is 4.88. The van der Waals surface area contributed by atoms with Gasteiger partial charge in [0.1, 0.15) is 0 Å². The van der Waals surface area contributed by atoms with Gasteiger partial charge in [0, 0.05) is 5.69 Å². The van der Waals surface area contributed by atoms with E-state index in [0.717, 1.165) is 18.0 Å². The average Bonchev–Trinajstić information content (AvgIpc) is 2.28. The Balaban J connectivity index is 2.01. The molecule has 1 heterocycles. The first kappa shape index (κ1) is 11.5. The van der Waals surface area contributed by atoms with Crippen LogP contribution < -0.4 is 5.73 Å². The number of rotatable bonds is 2. The molecular weight excluding hydrogens is 196 g/mol. The van der Waals surface area contributed by atoms with Gasteiger partial charge in [0.2, 0.25) is 0 Å². The minimum atomic E-state index is 0.820. The molecule has 0 aliphatic carbocycles. The van der Waals surface area contributed by atoms with Crippen molar-refractivity contribution in [3.63, 3.8) is 0 Å². The topological polar surface area (TPSA) is 29.3 Å². The first-order valence-electron chi connectivity index (χ1n) is 6.19. The minimum absolute atomic E-state index is 0.820. The third-order valence-electron chi connectivity index (χ3n) is 3.76. The first-order valence-corrected chi connectivity index (χ1v) is 6.19. The number of piperidine rings is 1. The maximum Gasteiger partial charge on any atom is 0.0376 e. The molecule has 0 bridgehead atoms. The molecule has 0 radical (unpaired) electrons. The van der Waals surface area contributed by atoms with Crippen LogP contribution in [0.3, 0.4) is 0 Å². The van der Waals surface area contributed by atoms with Crippen LogP contribution in [0.5, 0.6) is 0 Å². The molecule has 1 aliphatic heterocycles. The molecule has 1 aromatic rings. The molecule has 1 fully saturated rings. The third kappa shape index (κ3) is 2.56. The van der Waals surface area contributed by atoms with Gasteiger partial charge < -0.3 is 10.6 Å². The van der Waals surface area contributed by atoms with Gasteiger partial charge in [-0.2, -0.15) is 0 Å². The Kier molecular flexibility index (Phi) is 3.49. The van der Waals surface area contributed by atoms with Gasteiger partial charge in [0.05, 0.1) is 0 Å². The molecule has 0 atom stereocenters. The van der Waals surface area contributed by atoms with Gasteiger partial charge in [-0.3, -0.25) is 0 Å². The Labute approximate surface area is 98.4 Å². The Bertz CT molecular complexity index is 352. The molecule has 2 rings (SSSR count). The summed E-state index contributed by atoms with van der Waals surface area (Å²) < 4.78 is 0. The van der Waals surface area contributed by atoms with E-state index in [0.29, 0.717) is 0 Å². The van der Waals surface area contributed by atoms with Gasteiger partial charge >= 0.3 is 0 Å². The number of nitrogens with two attached hydrogens (primary N) is 1. The van der Waals surface area contributed by atoms with Crippen LogP contribution in [-0.2, 0) is 6.42 Å². The van der Waals surface area contributed by atoms with Crippen molar-refractivity contribution in [3.8, 4) is 0 Å². The van der Waals surface area contributed by atoms with Crippen molar-refractivity contribution >= 4 is 5.69 Å². The Morgan fingerprint density at radius 3 is 2.69 bits per heavy atom. The number of aryl methyl sites for hydroxylation is 1. The van der Waals surface area contributed by atoms with Crippen molar-refractivity contribution < 1.29 is 0 Å². The highest BCUT2D eigenvalue weighted by molar-refractivity contribution is 5.53. The van der Waals surface area contributed by atoms with Gasteiger partial charge in [0.15, 0.2) is 0 Å². The van der Waals surface area contributed by atoms with Crippen LogP contribution in [0.4, 0.5) is 5.69 Å². The zero-order valence-corrected chi connectivity index (χ0v) is 10.4. The molecular formula is C14H22N2. The van der Waals surface area contributed by atoms with Crippen LogP contribution in [0.1, 0.15) is 24.0 Å². The fourth-order valence-corrected chi connectivity index (χ4v) is 2.50. The number of para-hydroxylation sites is 1. The van der Waals surface area contributed by atoms with Crippen LogP contribution >= 0.6 is 0 Å². The maximum absolute atomic E-state index is 6.12. The Morgan fingerprint density at radius 1 is 1.31 bits per heavy atom. The molecule has 0 unspecified atom stereocenters. The van der Waals surface area contributed by atoms with Crippen LogP contribution in [0.2, 0.25) is 0 Å². The number of hydrogen-bond acceptors (Lipinski definition) is 2. The quantitative estimate of drug-likeness (QED) is 0.773. The lowest BCUT2D eigenvalue weighted by Crippen LogP contribution is -2.31. The summed E-state index contributed by atoms with van der Waals surface area (Å²) in [6.07, 6.45) is 3.77. The molecule has 2 heteroatoms. The summed E-state index contributed by atoms with van der Waals surface area (Å²) in [6, 6.07) is 6.39. The standard InChI is InChI=1S/C14H22N2/c1-11-4-3-5-13(14(11)15)10-12-6-8-16(2)9-7-12/h3-5,12H,6-10,15H2,1-2H3. The van der Waals surface area contributed by atoms with Gasteiger partial charge in [0.25, 0.3) is 0 Å². The molecule has 88 valence electrons. The van der Waals surface area contributed by atoms with Crippen LogP contribution in [0.15, 0.2) is 18.2 Å². The van der Waals surface area contributed by atoms with Gasteiger partial charge in [-0.25, -0.2) is 0 Å². The number of hydrogen-bond donors (Lipinski definition) is 1. The monoisotopic (exact) mass is 218 g/mol. The summed E-state index contributed by atoms with van der Waals surface area (Å²) >= 11 is 0. The van der Waals surface area contributed by atoms with Crippen LogP contribution in [0.25, 0.3) is 0 Å². The van der Waals surface area contributed by atoms with Crippen molar-refractivity contribution in [1.29, 1.82) is 0 Å². The van der Waals surface area contributed by atoms with Gasteiger partial charge in [-0.15, -0.1) is 0 Å². The lowest BCUT2D eigenvalue weighted by atomic mass is 9.89. The molecule has 0 aromatic heterocycles. The number of anilines is 1. The van der Waals surface area contributed by atoms with Crippen molar-refractivity contribution in [2.24, 2.45) is 5.92 Å². The summed E-state index contributed by atoms with van der Waals surface area (Å²) in [5.74, 6) is 0.820. The van der Waals surface area contributed by atoms with Crippen molar-refractivity contribution in [2.45, 2.75) is 26.2 Å². The predicted octanol–water partition coefficient (Wildman–Crippen LogP) is 2.46. The molecule has 0 saturated carbocycles. The lowest BCUT2D eigenvalue weighted by Gasteiger charge is -2.29. The Hall–Kier alpha value is -1.02. The highest BCUT2D eigenvalue weighted by atomic mass is 15.1. The number of nitrogens with zero attached hydrogens (tertiary/aromatic N) is 1. The van der Waals surface area contributed by atoms with E-state index < -0.39 is 0 Å². The summed E-state index contributed by atoms with van der Waals surface area (Å²) in [5, 5.41) is 0. The van der Waals surface area contributed by atoms with Crippen LogP contribution in [-0.4, -0.2) is 25.0 Å². The van der Waals surface area contributed by atoms with E-state index in [4.69, 9.17) is 5.73 Å². The van der Waals surface area contributed by atoms with Crippen molar-refractivity contribution in [1.82, 2.24) is 4.90 Å². The van der Waals surface area contributed by atoms with Crippen molar-refractivity contribution in [2.75, 3.05) is 25.9 Å². The lowest BCUT2D eigenvalue weighted by molar-refractivity contribution is 0.219. The molecule has 1 aromatic carbocycles. The highest BCUT2D eigenvalue weighted by Crippen LogP contribution is 2.25. The zero-order chi connectivity index (χ0) is 11.5. The largest absolute Gasteiger partial charge is 0.398 e. The molecule has 16 heavy (non-hydrogen) atoms. The Morgan fingerprint density at radius 2 is 2.00 bits per heavy atom. The number of likely N-dealkylation sites (tertiary alicyclic amines) is 1. The fraction of sp³-hybridized carbons (Fsp3) is 0.571. The van der Waals surface area contributed by atoms with Crippen LogP contribution in [0, 0.1) is 12.8 Å². The predicted molar refractivity (Wildman–Crippen MR) is 69.5 cm³/mol. The summed E-state index contributed by atoms with van der Waals surface area (Å²) in [7, 11) is 2.21. The summed E-state index contributed by atoms with van der Waals surface area (Å²) in [6.45, 7) is 4.56. The summed E-state index contributed by atoms with van der Waals surface area (Å²) in [5.41, 5.74) is 9.67. The molecule has 0 spiro atoms. The second-order valence-corrected chi connectivity index (χ2v) is 5.10. The van der Waals surface area contributed by atoms with Gasteiger partial charge in [-0.05, 0) is 63.4 Å². The van der Waals surface area contributed by atoms with E-state index in [1.165, 1.54) is 37.1 Å². The normalized spacial score (nSPS) is 18.9. The summed E-state index contributed by atoms with van der Waals surface area (Å²) in [4.78, 5) is 2.41. The third-order valence-corrected chi connectivity index (χ3v) is 3.76. The second-order valence-electron chi connectivity index (χ2n) is 5.10. The van der Waals surface area contributed by atoms with E-state index in [9.17, 15) is 0 Å². The maximum atomic E-state index is 6.12. The highest BCUT2D eigenvalue weighted by Gasteiger charge is 2.17. The average molecular weight is 218 g/mol. The fourth-order valence-electron chi connectivity index (χ4n) is 2.50. The number of benzene rings is 1. The minimum Gasteiger partial charge on any atom is -0.398 e. The molecule has 1 aliphatic rings. The van der Waals surface area contributed by atoms with E-state index in [2.05, 4.69) is 37.1 Å². The van der Waals surface area contributed by atoms with E-state index >= 15 is 0 Å². The first-order chi connectivity index (χ1) is 7.66. The smallest absolute Gasteiger partial charge is 0.0376 e. The molecule has 2 nitrogen and oxygen atoms in total. The van der Waals surface area contributed by atoms with E-state index in [-0.39, 0.29) is 0 Å². The zero-order valence-electron chi connectivity index (χ0n) is 10.4. The van der Waals surface area contributed by atoms with E-state index in [1.807, 2.05) is 0 Å². The molecule has 1 saturated heterocycles. The van der Waals surface area contributed by atoms with Gasteiger partial charge in [-0.1, -0.05) is 18.2 Å². The molecule has 0 amide bonds. The molecule has 2 N–H and O–H groups in total. The van der Waals surface area contributed by atoms with E-state index in [1.54, 1.807) is 0 Å². The SMILES string of the molecule is Cc1cccc(CC2CCN(C)CC2)c1N.